The molecule has 1 aromatic heterocycles. The number of nitrogens with zero attached hydrogens (tertiary/aromatic N) is 1. The molecule has 1 aromatic carbocycles. The fourth-order valence-corrected chi connectivity index (χ4v) is 1.90. The predicted molar refractivity (Wildman–Crippen MR) is 85.2 cm³/mol. The van der Waals surface area contributed by atoms with Crippen molar-refractivity contribution in [2.45, 2.75) is 6.54 Å². The molecular formula is C15H15N3O2S. The number of hydrogen-bond acceptors (Lipinski definition) is 3. The van der Waals surface area contributed by atoms with Crippen LogP contribution >= 0.6 is 12.2 Å². The second-order valence-corrected chi connectivity index (χ2v) is 5.05. The van der Waals surface area contributed by atoms with Gasteiger partial charge in [-0.2, -0.15) is 0 Å². The Morgan fingerprint density at radius 3 is 2.48 bits per heavy atom. The van der Waals surface area contributed by atoms with Crippen molar-refractivity contribution in [3.05, 3.63) is 69.6 Å². The van der Waals surface area contributed by atoms with E-state index in [0.717, 1.165) is 11.1 Å². The van der Waals surface area contributed by atoms with Crippen molar-refractivity contribution in [3.63, 3.8) is 0 Å². The Morgan fingerprint density at radius 1 is 1.24 bits per heavy atom. The maximum atomic E-state index is 12.0. The van der Waals surface area contributed by atoms with Crippen LogP contribution in [-0.2, 0) is 13.6 Å². The molecule has 0 atom stereocenters. The van der Waals surface area contributed by atoms with E-state index in [0.29, 0.717) is 17.1 Å². The quantitative estimate of drug-likeness (QED) is 0.824. The lowest BCUT2D eigenvalue weighted by Gasteiger charge is -2.07. The molecule has 0 spiro atoms. The Kier molecular flexibility index (Phi) is 4.49. The minimum atomic E-state index is -0.286. The lowest BCUT2D eigenvalue weighted by molar-refractivity contribution is 0.0950. The first-order valence-electron chi connectivity index (χ1n) is 6.31. The van der Waals surface area contributed by atoms with Crippen molar-refractivity contribution in [1.82, 2.24) is 9.88 Å². The molecule has 6 heteroatoms. The SMILES string of the molecule is Cn1ccc(C(=O)NCc2ccc(C(N)=S)cc2)cc1=O. The number of aryl methyl sites for hydroxylation is 1. The summed E-state index contributed by atoms with van der Waals surface area (Å²) in [5, 5.41) is 2.76. The van der Waals surface area contributed by atoms with Crippen molar-refractivity contribution in [3.8, 4) is 0 Å². The number of thiocarbonyl (C=S) groups is 1. The van der Waals surface area contributed by atoms with E-state index >= 15 is 0 Å². The van der Waals surface area contributed by atoms with Crippen LogP contribution in [0.4, 0.5) is 0 Å². The molecule has 3 N–H and O–H groups in total. The van der Waals surface area contributed by atoms with Crippen LogP contribution in [-0.4, -0.2) is 15.5 Å². The molecule has 1 heterocycles. The first kappa shape index (κ1) is 14.9. The Hall–Kier alpha value is -2.47. The molecule has 2 rings (SSSR count). The van der Waals surface area contributed by atoms with Gasteiger partial charge in [0.15, 0.2) is 0 Å². The van der Waals surface area contributed by atoms with Gasteiger partial charge in [-0.3, -0.25) is 9.59 Å². The van der Waals surface area contributed by atoms with Crippen LogP contribution in [0.2, 0.25) is 0 Å². The second-order valence-electron chi connectivity index (χ2n) is 4.61. The van der Waals surface area contributed by atoms with E-state index in [2.05, 4.69) is 5.32 Å². The highest BCUT2D eigenvalue weighted by Gasteiger charge is 2.06. The number of rotatable bonds is 4. The first-order valence-corrected chi connectivity index (χ1v) is 6.72. The molecule has 2 aromatic rings. The van der Waals surface area contributed by atoms with Crippen LogP contribution in [0.25, 0.3) is 0 Å². The summed E-state index contributed by atoms with van der Waals surface area (Å²) in [6, 6.07) is 10.2. The summed E-state index contributed by atoms with van der Waals surface area (Å²) < 4.78 is 1.41. The maximum absolute atomic E-state index is 12.0. The zero-order chi connectivity index (χ0) is 15.4. The molecule has 1 amide bonds. The van der Waals surface area contributed by atoms with E-state index in [9.17, 15) is 9.59 Å². The molecule has 21 heavy (non-hydrogen) atoms. The summed E-state index contributed by atoms with van der Waals surface area (Å²) in [6.07, 6.45) is 1.56. The third kappa shape index (κ3) is 3.76. The van der Waals surface area contributed by atoms with E-state index < -0.39 is 0 Å². The fraction of sp³-hybridized carbons (Fsp3) is 0.133. The second kappa shape index (κ2) is 6.32. The van der Waals surface area contributed by atoms with Gasteiger partial charge in [-0.05, 0) is 11.6 Å². The molecular weight excluding hydrogens is 286 g/mol. The monoisotopic (exact) mass is 301 g/mol. The maximum Gasteiger partial charge on any atom is 0.251 e. The largest absolute Gasteiger partial charge is 0.389 e. The number of nitrogens with two attached hydrogens (primary N) is 1. The van der Waals surface area contributed by atoms with Crippen molar-refractivity contribution in [2.24, 2.45) is 12.8 Å². The van der Waals surface area contributed by atoms with Gasteiger partial charge in [0.2, 0.25) is 0 Å². The Morgan fingerprint density at radius 2 is 1.90 bits per heavy atom. The summed E-state index contributed by atoms with van der Waals surface area (Å²) in [5.41, 5.74) is 7.35. The van der Waals surface area contributed by atoms with Crippen LogP contribution in [0.15, 0.2) is 47.4 Å². The van der Waals surface area contributed by atoms with Gasteiger partial charge in [-0.25, -0.2) is 0 Å². The van der Waals surface area contributed by atoms with Crippen molar-refractivity contribution in [2.75, 3.05) is 0 Å². The molecule has 0 fully saturated rings. The van der Waals surface area contributed by atoms with Crippen LogP contribution in [0.1, 0.15) is 21.5 Å². The molecule has 0 saturated carbocycles. The van der Waals surface area contributed by atoms with Gasteiger partial charge in [0, 0.05) is 37.0 Å². The van der Waals surface area contributed by atoms with Crippen molar-refractivity contribution in [1.29, 1.82) is 0 Å². The number of carbonyl (C=O) groups is 1. The highest BCUT2D eigenvalue weighted by molar-refractivity contribution is 7.80. The van der Waals surface area contributed by atoms with Crippen LogP contribution in [0, 0.1) is 0 Å². The van der Waals surface area contributed by atoms with Gasteiger partial charge >= 0.3 is 0 Å². The zero-order valence-corrected chi connectivity index (χ0v) is 12.3. The number of amides is 1. The highest BCUT2D eigenvalue weighted by Crippen LogP contribution is 2.04. The van der Waals surface area contributed by atoms with Gasteiger partial charge < -0.3 is 15.6 Å². The first-order chi connectivity index (χ1) is 9.97. The average Bonchev–Trinajstić information content (AvgIpc) is 2.48. The molecule has 0 bridgehead atoms. The molecule has 0 aliphatic heterocycles. The Labute approximate surface area is 127 Å². The van der Waals surface area contributed by atoms with Crippen LogP contribution in [0.3, 0.4) is 0 Å². The van der Waals surface area contributed by atoms with Crippen LogP contribution < -0.4 is 16.6 Å². The minimum Gasteiger partial charge on any atom is -0.389 e. The summed E-state index contributed by atoms with van der Waals surface area (Å²) >= 11 is 4.87. The highest BCUT2D eigenvalue weighted by atomic mass is 32.1. The van der Waals surface area contributed by atoms with Gasteiger partial charge in [-0.15, -0.1) is 0 Å². The van der Waals surface area contributed by atoms with Crippen LogP contribution in [0.5, 0.6) is 0 Å². The molecule has 0 saturated heterocycles. The third-order valence-corrected chi connectivity index (χ3v) is 3.29. The molecule has 108 valence electrons. The van der Waals surface area contributed by atoms with Gasteiger partial charge in [0.1, 0.15) is 4.99 Å². The number of hydrogen-bond donors (Lipinski definition) is 2. The minimum absolute atomic E-state index is 0.219. The molecule has 0 radical (unpaired) electrons. The lowest BCUT2D eigenvalue weighted by atomic mass is 10.1. The van der Waals surface area contributed by atoms with E-state index in [-0.39, 0.29) is 11.5 Å². The number of carbonyl (C=O) groups excluding carboxylic acids is 1. The van der Waals surface area contributed by atoms with E-state index in [1.165, 1.54) is 10.6 Å². The Bertz CT molecular complexity index is 735. The van der Waals surface area contributed by atoms with E-state index in [4.69, 9.17) is 18.0 Å². The van der Waals surface area contributed by atoms with Gasteiger partial charge in [0.25, 0.3) is 11.5 Å². The third-order valence-electron chi connectivity index (χ3n) is 3.06. The average molecular weight is 301 g/mol. The van der Waals surface area contributed by atoms with Crippen molar-refractivity contribution >= 4 is 23.1 Å². The molecule has 5 nitrogen and oxygen atoms in total. The summed E-state index contributed by atoms with van der Waals surface area (Å²) in [6.45, 7) is 0.367. The predicted octanol–water partition coefficient (Wildman–Crippen LogP) is 0.950. The lowest BCUT2D eigenvalue weighted by Crippen LogP contribution is -2.25. The zero-order valence-electron chi connectivity index (χ0n) is 11.5. The summed E-state index contributed by atoms with van der Waals surface area (Å²) in [7, 11) is 1.63. The number of nitrogens with one attached hydrogen (secondary N) is 1. The molecule has 0 unspecified atom stereocenters. The molecule has 0 aliphatic rings. The van der Waals surface area contributed by atoms with Gasteiger partial charge in [-0.1, -0.05) is 36.5 Å². The van der Waals surface area contributed by atoms with Gasteiger partial charge in [0.05, 0.1) is 0 Å². The molecule has 0 aliphatic carbocycles. The Balaban J connectivity index is 2.02. The topological polar surface area (TPSA) is 77.1 Å². The summed E-state index contributed by atoms with van der Waals surface area (Å²) in [5.74, 6) is -0.286. The number of pyridine rings is 1. The standard InChI is InChI=1S/C15H15N3O2S/c1-18-7-6-12(8-13(18)19)15(20)17-9-10-2-4-11(5-3-10)14(16)21/h2-8H,9H2,1H3,(H2,16,21)(H,17,20). The normalized spacial score (nSPS) is 10.1. The van der Waals surface area contributed by atoms with E-state index in [1.54, 1.807) is 19.3 Å². The summed E-state index contributed by atoms with van der Waals surface area (Å²) in [4.78, 5) is 23.8. The van der Waals surface area contributed by atoms with E-state index in [1.807, 2.05) is 24.3 Å². The number of aromatic nitrogens is 1. The fourth-order valence-electron chi connectivity index (χ4n) is 1.76. The number of benzene rings is 1. The smallest absolute Gasteiger partial charge is 0.251 e. The van der Waals surface area contributed by atoms with Crippen molar-refractivity contribution < 1.29 is 4.79 Å².